The summed E-state index contributed by atoms with van der Waals surface area (Å²) in [4.78, 5) is 12.6. The van der Waals surface area contributed by atoms with Crippen LogP contribution >= 0.6 is 0 Å². The van der Waals surface area contributed by atoms with Crippen molar-refractivity contribution in [1.82, 2.24) is 20.3 Å². The van der Waals surface area contributed by atoms with Gasteiger partial charge in [-0.2, -0.15) is 0 Å². The molecule has 110 valence electrons. The molecule has 1 aromatic carbocycles. The van der Waals surface area contributed by atoms with E-state index in [1.54, 1.807) is 6.20 Å². The van der Waals surface area contributed by atoms with E-state index in [0.29, 0.717) is 17.3 Å². The standard InChI is InChI=1S/C16H20N4O/c1-11-4-3-5-14(12(11)2)16(21)15-10-20(19-18-15)13-6-8-17-9-7-13/h3-5,10,13,17H,6-9H2,1-2H3. The van der Waals surface area contributed by atoms with Crippen molar-refractivity contribution < 1.29 is 4.79 Å². The van der Waals surface area contributed by atoms with Gasteiger partial charge in [-0.05, 0) is 50.9 Å². The highest BCUT2D eigenvalue weighted by Gasteiger charge is 2.20. The normalized spacial score (nSPS) is 16.1. The minimum Gasteiger partial charge on any atom is -0.317 e. The van der Waals surface area contributed by atoms with Gasteiger partial charge in [0.05, 0.1) is 12.2 Å². The van der Waals surface area contributed by atoms with Crippen LogP contribution in [-0.2, 0) is 0 Å². The monoisotopic (exact) mass is 284 g/mol. The summed E-state index contributed by atoms with van der Waals surface area (Å²) in [5, 5.41) is 11.6. The van der Waals surface area contributed by atoms with Gasteiger partial charge in [-0.3, -0.25) is 4.79 Å². The molecule has 0 spiro atoms. The van der Waals surface area contributed by atoms with Gasteiger partial charge in [-0.15, -0.1) is 5.10 Å². The van der Waals surface area contributed by atoms with Crippen molar-refractivity contribution in [3.63, 3.8) is 0 Å². The van der Waals surface area contributed by atoms with E-state index >= 15 is 0 Å². The number of hydrogen-bond acceptors (Lipinski definition) is 4. The molecule has 0 radical (unpaired) electrons. The minimum atomic E-state index is -0.0450. The molecule has 0 atom stereocenters. The molecule has 5 heteroatoms. The molecule has 5 nitrogen and oxygen atoms in total. The third kappa shape index (κ3) is 2.74. The van der Waals surface area contributed by atoms with Crippen molar-refractivity contribution in [3.05, 3.63) is 46.8 Å². The lowest BCUT2D eigenvalue weighted by molar-refractivity contribution is 0.103. The van der Waals surface area contributed by atoms with Crippen LogP contribution in [0, 0.1) is 13.8 Å². The highest BCUT2D eigenvalue weighted by atomic mass is 16.1. The van der Waals surface area contributed by atoms with Crippen molar-refractivity contribution in [1.29, 1.82) is 0 Å². The molecule has 21 heavy (non-hydrogen) atoms. The number of aryl methyl sites for hydroxylation is 1. The summed E-state index contributed by atoms with van der Waals surface area (Å²) >= 11 is 0. The molecule has 1 saturated heterocycles. The largest absolute Gasteiger partial charge is 0.317 e. The van der Waals surface area contributed by atoms with E-state index in [4.69, 9.17) is 0 Å². The Kier molecular flexibility index (Phi) is 3.84. The van der Waals surface area contributed by atoms with Gasteiger partial charge in [0, 0.05) is 5.56 Å². The number of nitrogens with zero attached hydrogens (tertiary/aromatic N) is 3. The molecule has 0 unspecified atom stereocenters. The van der Waals surface area contributed by atoms with E-state index in [-0.39, 0.29) is 5.78 Å². The van der Waals surface area contributed by atoms with Gasteiger partial charge in [-0.25, -0.2) is 4.68 Å². The molecule has 1 aromatic heterocycles. The Bertz CT molecular complexity index is 656. The summed E-state index contributed by atoms with van der Waals surface area (Å²) in [5.41, 5.74) is 3.28. The number of carbonyl (C=O) groups excluding carboxylic acids is 1. The zero-order valence-corrected chi connectivity index (χ0v) is 12.5. The fourth-order valence-corrected chi connectivity index (χ4v) is 2.77. The lowest BCUT2D eigenvalue weighted by Crippen LogP contribution is -2.29. The number of hydrogen-bond donors (Lipinski definition) is 1. The van der Waals surface area contributed by atoms with E-state index in [2.05, 4.69) is 15.6 Å². The summed E-state index contributed by atoms with van der Waals surface area (Å²) in [5.74, 6) is -0.0450. The Labute approximate surface area is 124 Å². The van der Waals surface area contributed by atoms with Crippen LogP contribution in [0.5, 0.6) is 0 Å². The zero-order valence-electron chi connectivity index (χ0n) is 12.5. The summed E-state index contributed by atoms with van der Waals surface area (Å²) in [6, 6.07) is 6.12. The maximum Gasteiger partial charge on any atom is 0.215 e. The first-order valence-corrected chi connectivity index (χ1v) is 7.40. The fraction of sp³-hybridized carbons (Fsp3) is 0.438. The SMILES string of the molecule is Cc1cccc(C(=O)c2cn(C3CCNCC3)nn2)c1C. The van der Waals surface area contributed by atoms with Crippen molar-refractivity contribution in [2.75, 3.05) is 13.1 Å². The molecule has 2 aromatic rings. The van der Waals surface area contributed by atoms with Gasteiger partial charge in [-0.1, -0.05) is 23.4 Å². The van der Waals surface area contributed by atoms with Gasteiger partial charge in [0.2, 0.25) is 5.78 Å². The predicted molar refractivity (Wildman–Crippen MR) is 80.5 cm³/mol. The fourth-order valence-electron chi connectivity index (χ4n) is 2.77. The minimum absolute atomic E-state index is 0.0450. The molecule has 0 amide bonds. The van der Waals surface area contributed by atoms with E-state index in [1.807, 2.05) is 36.7 Å². The molecule has 2 heterocycles. The average molecular weight is 284 g/mol. The predicted octanol–water partition coefficient (Wildman–Crippen LogP) is 2.05. The highest BCUT2D eigenvalue weighted by Crippen LogP contribution is 2.19. The summed E-state index contributed by atoms with van der Waals surface area (Å²) in [6.45, 7) is 5.97. The summed E-state index contributed by atoms with van der Waals surface area (Å²) in [7, 11) is 0. The van der Waals surface area contributed by atoms with Crippen LogP contribution in [0.3, 0.4) is 0 Å². The molecule has 3 rings (SSSR count). The van der Waals surface area contributed by atoms with Crippen LogP contribution < -0.4 is 5.32 Å². The first-order valence-electron chi connectivity index (χ1n) is 7.40. The number of carbonyl (C=O) groups is 1. The van der Waals surface area contributed by atoms with Crippen LogP contribution in [0.1, 0.15) is 46.1 Å². The lowest BCUT2D eigenvalue weighted by atomic mass is 9.99. The van der Waals surface area contributed by atoms with Gasteiger partial charge >= 0.3 is 0 Å². The first-order chi connectivity index (χ1) is 10.2. The second-order valence-electron chi connectivity index (χ2n) is 5.64. The van der Waals surface area contributed by atoms with Gasteiger partial charge in [0.15, 0.2) is 5.69 Å². The van der Waals surface area contributed by atoms with Crippen LogP contribution in [0.25, 0.3) is 0 Å². The quantitative estimate of drug-likeness (QED) is 0.876. The Balaban J connectivity index is 1.85. The number of aromatic nitrogens is 3. The van der Waals surface area contributed by atoms with Crippen LogP contribution in [-0.4, -0.2) is 33.9 Å². The van der Waals surface area contributed by atoms with Crippen molar-refractivity contribution >= 4 is 5.78 Å². The maximum atomic E-state index is 12.6. The lowest BCUT2D eigenvalue weighted by Gasteiger charge is -2.22. The molecule has 0 aliphatic carbocycles. The van der Waals surface area contributed by atoms with Crippen LogP contribution in [0.4, 0.5) is 0 Å². The Hall–Kier alpha value is -2.01. The Morgan fingerprint density at radius 1 is 1.29 bits per heavy atom. The van der Waals surface area contributed by atoms with E-state index < -0.39 is 0 Å². The van der Waals surface area contributed by atoms with Gasteiger partial charge < -0.3 is 5.32 Å². The van der Waals surface area contributed by atoms with Crippen LogP contribution in [0.15, 0.2) is 24.4 Å². The topological polar surface area (TPSA) is 59.8 Å². The number of rotatable bonds is 3. The van der Waals surface area contributed by atoms with Gasteiger partial charge in [0.1, 0.15) is 0 Å². The third-order valence-corrected chi connectivity index (χ3v) is 4.27. The number of nitrogens with one attached hydrogen (secondary N) is 1. The smallest absolute Gasteiger partial charge is 0.215 e. The molecule has 1 fully saturated rings. The maximum absolute atomic E-state index is 12.6. The summed E-state index contributed by atoms with van der Waals surface area (Å²) in [6.07, 6.45) is 3.85. The second-order valence-corrected chi connectivity index (χ2v) is 5.64. The number of piperidine rings is 1. The molecular formula is C16H20N4O. The van der Waals surface area contributed by atoms with Crippen molar-refractivity contribution in [2.24, 2.45) is 0 Å². The number of ketones is 1. The highest BCUT2D eigenvalue weighted by molar-refractivity contribution is 6.08. The molecule has 0 saturated carbocycles. The first kappa shape index (κ1) is 13.9. The summed E-state index contributed by atoms with van der Waals surface area (Å²) < 4.78 is 1.85. The van der Waals surface area contributed by atoms with E-state index in [9.17, 15) is 4.79 Å². The van der Waals surface area contributed by atoms with Gasteiger partial charge in [0.25, 0.3) is 0 Å². The molecular weight excluding hydrogens is 264 g/mol. The molecule has 0 bridgehead atoms. The molecule has 1 N–H and O–H groups in total. The second kappa shape index (κ2) is 5.77. The zero-order chi connectivity index (χ0) is 14.8. The Morgan fingerprint density at radius 3 is 2.81 bits per heavy atom. The van der Waals surface area contributed by atoms with Crippen molar-refractivity contribution in [2.45, 2.75) is 32.7 Å². The average Bonchev–Trinajstić information content (AvgIpc) is 3.00. The third-order valence-electron chi connectivity index (χ3n) is 4.27. The van der Waals surface area contributed by atoms with Crippen molar-refractivity contribution in [3.8, 4) is 0 Å². The molecule has 1 aliphatic heterocycles. The number of benzene rings is 1. The van der Waals surface area contributed by atoms with Crippen LogP contribution in [0.2, 0.25) is 0 Å². The Morgan fingerprint density at radius 2 is 2.05 bits per heavy atom. The van der Waals surface area contributed by atoms with E-state index in [1.165, 1.54) is 0 Å². The van der Waals surface area contributed by atoms with E-state index in [0.717, 1.165) is 37.1 Å². The molecule has 1 aliphatic rings.